The molecule has 2 aromatic rings. The van der Waals surface area contributed by atoms with Crippen LogP contribution in [0.25, 0.3) is 6.08 Å². The Morgan fingerprint density at radius 1 is 1.19 bits per heavy atom. The summed E-state index contributed by atoms with van der Waals surface area (Å²) in [6.45, 7) is 6.72. The third-order valence-electron chi connectivity index (χ3n) is 3.95. The lowest BCUT2D eigenvalue weighted by Gasteiger charge is -2.09. The standard InChI is InChI=1S/C22H24N2O2/c1-4-5-12-26-20-9-7-18(8-10-20)14-19(15-23)22(25)24-21-11-6-16(2)13-17(21)3/h6-11,13-14H,4-5,12H2,1-3H3,(H,24,25)/b19-14+. The Kier molecular flexibility index (Phi) is 6.99. The molecule has 1 N–H and O–H groups in total. The van der Waals surface area contributed by atoms with Crippen LogP contribution < -0.4 is 10.1 Å². The molecule has 26 heavy (non-hydrogen) atoms. The fraction of sp³-hybridized carbons (Fsp3) is 0.273. The molecule has 0 aliphatic rings. The van der Waals surface area contributed by atoms with E-state index >= 15 is 0 Å². The number of benzene rings is 2. The van der Waals surface area contributed by atoms with E-state index in [2.05, 4.69) is 12.2 Å². The second kappa shape index (κ2) is 9.43. The van der Waals surface area contributed by atoms with Gasteiger partial charge in [0, 0.05) is 5.69 Å². The number of anilines is 1. The smallest absolute Gasteiger partial charge is 0.266 e. The Morgan fingerprint density at radius 3 is 2.54 bits per heavy atom. The molecule has 0 saturated heterocycles. The zero-order valence-corrected chi connectivity index (χ0v) is 15.5. The fourth-order valence-electron chi connectivity index (χ4n) is 2.45. The van der Waals surface area contributed by atoms with E-state index in [1.807, 2.05) is 62.4 Å². The molecule has 2 rings (SSSR count). The highest BCUT2D eigenvalue weighted by molar-refractivity contribution is 6.09. The molecule has 1 amide bonds. The maximum Gasteiger partial charge on any atom is 0.266 e. The third-order valence-corrected chi connectivity index (χ3v) is 3.95. The first kappa shape index (κ1) is 19.3. The second-order valence-electron chi connectivity index (χ2n) is 6.21. The highest BCUT2D eigenvalue weighted by Crippen LogP contribution is 2.18. The minimum atomic E-state index is -0.414. The predicted octanol–water partition coefficient (Wildman–Crippen LogP) is 5.03. The summed E-state index contributed by atoms with van der Waals surface area (Å²) in [6.07, 6.45) is 3.68. The summed E-state index contributed by atoms with van der Waals surface area (Å²) in [6, 6.07) is 15.1. The summed E-state index contributed by atoms with van der Waals surface area (Å²) in [4.78, 5) is 12.4. The van der Waals surface area contributed by atoms with Crippen molar-refractivity contribution in [1.29, 1.82) is 5.26 Å². The number of ether oxygens (including phenoxy) is 1. The highest BCUT2D eigenvalue weighted by Gasteiger charge is 2.11. The predicted molar refractivity (Wildman–Crippen MR) is 105 cm³/mol. The first-order chi connectivity index (χ1) is 12.5. The van der Waals surface area contributed by atoms with Crippen LogP contribution >= 0.6 is 0 Å². The minimum absolute atomic E-state index is 0.0598. The van der Waals surface area contributed by atoms with Crippen LogP contribution in [0.4, 0.5) is 5.69 Å². The molecule has 2 aromatic carbocycles. The number of aryl methyl sites for hydroxylation is 2. The van der Waals surface area contributed by atoms with Gasteiger partial charge in [0.05, 0.1) is 6.61 Å². The van der Waals surface area contributed by atoms with E-state index < -0.39 is 5.91 Å². The lowest BCUT2D eigenvalue weighted by atomic mass is 10.1. The lowest BCUT2D eigenvalue weighted by molar-refractivity contribution is -0.112. The normalized spacial score (nSPS) is 10.9. The number of nitriles is 1. The van der Waals surface area contributed by atoms with Crippen LogP contribution in [0.15, 0.2) is 48.0 Å². The van der Waals surface area contributed by atoms with Crippen molar-refractivity contribution in [2.75, 3.05) is 11.9 Å². The van der Waals surface area contributed by atoms with Gasteiger partial charge >= 0.3 is 0 Å². The van der Waals surface area contributed by atoms with Crippen LogP contribution in [0.2, 0.25) is 0 Å². The van der Waals surface area contributed by atoms with Crippen molar-refractivity contribution in [3.05, 3.63) is 64.7 Å². The second-order valence-corrected chi connectivity index (χ2v) is 6.21. The van der Waals surface area contributed by atoms with Crippen molar-refractivity contribution in [3.63, 3.8) is 0 Å². The molecule has 0 radical (unpaired) electrons. The van der Waals surface area contributed by atoms with Gasteiger partial charge in [-0.15, -0.1) is 0 Å². The number of rotatable bonds is 7. The van der Waals surface area contributed by atoms with Crippen molar-refractivity contribution in [3.8, 4) is 11.8 Å². The molecule has 0 aliphatic carbocycles. The maximum absolute atomic E-state index is 12.4. The molecule has 0 unspecified atom stereocenters. The summed E-state index contributed by atoms with van der Waals surface area (Å²) in [5, 5.41) is 12.1. The number of amides is 1. The van der Waals surface area contributed by atoms with Crippen LogP contribution in [0.1, 0.15) is 36.5 Å². The quantitative estimate of drug-likeness (QED) is 0.434. The summed E-state index contributed by atoms with van der Waals surface area (Å²) < 4.78 is 5.62. The molecule has 0 saturated carbocycles. The summed E-state index contributed by atoms with van der Waals surface area (Å²) in [5.74, 6) is 0.372. The first-order valence-corrected chi connectivity index (χ1v) is 8.76. The lowest BCUT2D eigenvalue weighted by Crippen LogP contribution is -2.14. The number of carbonyl (C=O) groups excluding carboxylic acids is 1. The van der Waals surface area contributed by atoms with Gasteiger partial charge in [-0.25, -0.2) is 0 Å². The van der Waals surface area contributed by atoms with E-state index in [4.69, 9.17) is 4.74 Å². The molecule has 4 heteroatoms. The minimum Gasteiger partial charge on any atom is -0.494 e. The number of nitrogens with zero attached hydrogens (tertiary/aromatic N) is 1. The van der Waals surface area contributed by atoms with Crippen LogP contribution in [0.5, 0.6) is 5.75 Å². The number of nitrogens with one attached hydrogen (secondary N) is 1. The van der Waals surface area contributed by atoms with Crippen molar-refractivity contribution < 1.29 is 9.53 Å². The van der Waals surface area contributed by atoms with Gasteiger partial charge in [-0.2, -0.15) is 5.26 Å². The highest BCUT2D eigenvalue weighted by atomic mass is 16.5. The van der Waals surface area contributed by atoms with Crippen LogP contribution in [-0.2, 0) is 4.79 Å². The van der Waals surface area contributed by atoms with Crippen molar-refractivity contribution in [1.82, 2.24) is 0 Å². The van der Waals surface area contributed by atoms with E-state index in [0.717, 1.165) is 35.3 Å². The SMILES string of the molecule is CCCCOc1ccc(/C=C(\C#N)C(=O)Nc2ccc(C)cc2C)cc1. The molecule has 0 heterocycles. The average Bonchev–Trinajstić information content (AvgIpc) is 2.63. The molecule has 0 fully saturated rings. The summed E-state index contributed by atoms with van der Waals surface area (Å²) in [5.41, 5.74) is 3.63. The van der Waals surface area contributed by atoms with E-state index in [1.165, 1.54) is 0 Å². The van der Waals surface area contributed by atoms with E-state index in [9.17, 15) is 10.1 Å². The number of unbranched alkanes of at least 4 members (excludes halogenated alkanes) is 1. The Balaban J connectivity index is 2.09. The molecular formula is C22H24N2O2. The Bertz CT molecular complexity index is 830. The topological polar surface area (TPSA) is 62.1 Å². The van der Waals surface area contributed by atoms with Crippen LogP contribution in [-0.4, -0.2) is 12.5 Å². The number of hydrogen-bond donors (Lipinski definition) is 1. The molecule has 0 aromatic heterocycles. The first-order valence-electron chi connectivity index (χ1n) is 8.76. The van der Waals surface area contributed by atoms with Gasteiger partial charge in [0.25, 0.3) is 5.91 Å². The zero-order valence-electron chi connectivity index (χ0n) is 15.5. The summed E-state index contributed by atoms with van der Waals surface area (Å²) in [7, 11) is 0. The van der Waals surface area contributed by atoms with Gasteiger partial charge in [-0.1, -0.05) is 43.2 Å². The number of carbonyl (C=O) groups is 1. The van der Waals surface area contributed by atoms with Crippen LogP contribution in [0.3, 0.4) is 0 Å². The molecule has 134 valence electrons. The van der Waals surface area contributed by atoms with E-state index in [0.29, 0.717) is 12.3 Å². The van der Waals surface area contributed by atoms with E-state index in [-0.39, 0.29) is 5.57 Å². The Morgan fingerprint density at radius 2 is 1.92 bits per heavy atom. The average molecular weight is 348 g/mol. The van der Waals surface area contributed by atoms with Crippen molar-refractivity contribution >= 4 is 17.7 Å². The largest absolute Gasteiger partial charge is 0.494 e. The molecule has 0 bridgehead atoms. The van der Waals surface area contributed by atoms with Gasteiger partial charge in [0.2, 0.25) is 0 Å². The molecule has 0 atom stereocenters. The Hall–Kier alpha value is -3.06. The maximum atomic E-state index is 12.4. The molecular weight excluding hydrogens is 324 g/mol. The third kappa shape index (κ3) is 5.49. The van der Waals surface area contributed by atoms with Gasteiger partial charge in [0.15, 0.2) is 0 Å². The monoisotopic (exact) mass is 348 g/mol. The van der Waals surface area contributed by atoms with E-state index in [1.54, 1.807) is 6.08 Å². The Labute approximate surface area is 155 Å². The molecule has 0 spiro atoms. The number of hydrogen-bond acceptors (Lipinski definition) is 3. The zero-order chi connectivity index (χ0) is 18.9. The van der Waals surface area contributed by atoms with Gasteiger partial charge < -0.3 is 10.1 Å². The van der Waals surface area contributed by atoms with Crippen molar-refractivity contribution in [2.24, 2.45) is 0 Å². The van der Waals surface area contributed by atoms with Gasteiger partial charge in [0.1, 0.15) is 17.4 Å². The van der Waals surface area contributed by atoms with Gasteiger partial charge in [-0.05, 0) is 55.7 Å². The van der Waals surface area contributed by atoms with Crippen LogP contribution in [0, 0.1) is 25.2 Å². The fourth-order valence-corrected chi connectivity index (χ4v) is 2.45. The molecule has 0 aliphatic heterocycles. The van der Waals surface area contributed by atoms with Crippen molar-refractivity contribution in [2.45, 2.75) is 33.6 Å². The summed E-state index contributed by atoms with van der Waals surface area (Å²) >= 11 is 0. The molecule has 4 nitrogen and oxygen atoms in total. The van der Waals surface area contributed by atoms with Gasteiger partial charge in [-0.3, -0.25) is 4.79 Å².